The van der Waals surface area contributed by atoms with Gasteiger partial charge in [-0.3, -0.25) is 9.59 Å². The summed E-state index contributed by atoms with van der Waals surface area (Å²) >= 11 is 3.34. The van der Waals surface area contributed by atoms with Crippen LogP contribution in [-0.2, 0) is 14.9 Å². The van der Waals surface area contributed by atoms with E-state index in [1.165, 1.54) is 0 Å². The Morgan fingerprint density at radius 1 is 0.852 bits per heavy atom. The molecule has 0 unspecified atom stereocenters. The quantitative estimate of drug-likeness (QED) is 0.432. The molecule has 0 saturated carbocycles. The van der Waals surface area contributed by atoms with E-state index in [0.717, 1.165) is 26.7 Å². The number of ether oxygens (including phenoxy) is 1. The maximum atomic E-state index is 13.1. The van der Waals surface area contributed by atoms with Gasteiger partial charge in [-0.15, -0.1) is 0 Å². The first kappa shape index (κ1) is 17.7. The van der Waals surface area contributed by atoms with Crippen molar-refractivity contribution in [3.63, 3.8) is 0 Å². The van der Waals surface area contributed by atoms with Gasteiger partial charge in [0.1, 0.15) is 5.41 Å². The Labute approximate surface area is 166 Å². The SMILES string of the molecule is CC1(C(=O)OCC(=O)c2ccc(Br)cc2)c2ccccc2-c2ccccc21. The predicted octanol–water partition coefficient (Wildman–Crippen LogP) is 5.16. The van der Waals surface area contributed by atoms with Crippen LogP contribution in [0.1, 0.15) is 28.4 Å². The van der Waals surface area contributed by atoms with Crippen molar-refractivity contribution in [3.05, 3.63) is 94.0 Å². The summed E-state index contributed by atoms with van der Waals surface area (Å²) in [6, 6.07) is 22.7. The molecule has 1 aliphatic carbocycles. The first-order valence-electron chi connectivity index (χ1n) is 8.67. The van der Waals surface area contributed by atoms with Crippen LogP contribution >= 0.6 is 15.9 Å². The van der Waals surface area contributed by atoms with Crippen LogP contribution in [0.4, 0.5) is 0 Å². The normalized spacial score (nSPS) is 13.6. The number of carbonyl (C=O) groups is 2. The lowest BCUT2D eigenvalue weighted by Crippen LogP contribution is -2.35. The van der Waals surface area contributed by atoms with Gasteiger partial charge in [-0.25, -0.2) is 0 Å². The molecule has 0 heterocycles. The number of rotatable bonds is 4. The topological polar surface area (TPSA) is 43.4 Å². The van der Waals surface area contributed by atoms with Gasteiger partial charge < -0.3 is 4.74 Å². The third kappa shape index (κ3) is 2.90. The molecule has 27 heavy (non-hydrogen) atoms. The lowest BCUT2D eigenvalue weighted by atomic mass is 9.80. The van der Waals surface area contributed by atoms with E-state index in [1.807, 2.05) is 55.5 Å². The Morgan fingerprint density at radius 2 is 1.37 bits per heavy atom. The molecular formula is C23H17BrO3. The Morgan fingerprint density at radius 3 is 1.93 bits per heavy atom. The molecule has 4 rings (SSSR count). The van der Waals surface area contributed by atoms with Crippen LogP contribution in [0.5, 0.6) is 0 Å². The first-order valence-corrected chi connectivity index (χ1v) is 9.46. The van der Waals surface area contributed by atoms with Crippen molar-refractivity contribution >= 4 is 27.7 Å². The smallest absolute Gasteiger partial charge is 0.321 e. The molecule has 134 valence electrons. The number of halogens is 1. The van der Waals surface area contributed by atoms with Crippen molar-refractivity contribution in [1.82, 2.24) is 0 Å². The molecule has 0 radical (unpaired) electrons. The first-order chi connectivity index (χ1) is 13.0. The van der Waals surface area contributed by atoms with E-state index in [0.29, 0.717) is 5.56 Å². The molecule has 0 N–H and O–H groups in total. The fraction of sp³-hybridized carbons (Fsp3) is 0.130. The number of benzene rings is 3. The minimum absolute atomic E-state index is 0.223. The lowest BCUT2D eigenvalue weighted by Gasteiger charge is -2.24. The van der Waals surface area contributed by atoms with Crippen LogP contribution in [0.15, 0.2) is 77.3 Å². The van der Waals surface area contributed by atoms with E-state index in [9.17, 15) is 9.59 Å². The minimum Gasteiger partial charge on any atom is -0.456 e. The van der Waals surface area contributed by atoms with Crippen LogP contribution < -0.4 is 0 Å². The maximum Gasteiger partial charge on any atom is 0.321 e. The number of carbonyl (C=O) groups excluding carboxylic acids is 2. The number of ketones is 1. The molecule has 3 nitrogen and oxygen atoms in total. The highest BCUT2D eigenvalue weighted by molar-refractivity contribution is 9.10. The Hall–Kier alpha value is -2.72. The van der Waals surface area contributed by atoms with E-state index < -0.39 is 11.4 Å². The van der Waals surface area contributed by atoms with Crippen molar-refractivity contribution < 1.29 is 14.3 Å². The highest BCUT2D eigenvalue weighted by Gasteiger charge is 2.46. The van der Waals surface area contributed by atoms with Gasteiger partial charge >= 0.3 is 5.97 Å². The highest BCUT2D eigenvalue weighted by Crippen LogP contribution is 2.49. The molecule has 0 atom stereocenters. The summed E-state index contributed by atoms with van der Waals surface area (Å²) in [6.07, 6.45) is 0. The molecule has 4 heteroatoms. The summed E-state index contributed by atoms with van der Waals surface area (Å²) in [5, 5.41) is 0. The molecule has 0 fully saturated rings. The van der Waals surface area contributed by atoms with Gasteiger partial charge in [-0.1, -0.05) is 76.6 Å². The molecule has 0 aromatic heterocycles. The van der Waals surface area contributed by atoms with E-state index in [1.54, 1.807) is 24.3 Å². The van der Waals surface area contributed by atoms with E-state index >= 15 is 0 Å². The van der Waals surface area contributed by atoms with Gasteiger partial charge in [0.15, 0.2) is 12.4 Å². The molecule has 0 aliphatic heterocycles. The van der Waals surface area contributed by atoms with Gasteiger partial charge in [0.2, 0.25) is 0 Å². The zero-order chi connectivity index (χ0) is 19.0. The van der Waals surface area contributed by atoms with Crippen LogP contribution in [-0.4, -0.2) is 18.4 Å². The molecule has 0 amide bonds. The van der Waals surface area contributed by atoms with Gasteiger partial charge in [-0.2, -0.15) is 0 Å². The van der Waals surface area contributed by atoms with Crippen molar-refractivity contribution in [3.8, 4) is 11.1 Å². The van der Waals surface area contributed by atoms with E-state index in [4.69, 9.17) is 4.74 Å². The Bertz CT molecular complexity index is 992. The van der Waals surface area contributed by atoms with Crippen molar-refractivity contribution in [2.45, 2.75) is 12.3 Å². The van der Waals surface area contributed by atoms with Gasteiger partial charge in [-0.05, 0) is 41.3 Å². The van der Waals surface area contributed by atoms with Crippen LogP contribution in [0.25, 0.3) is 11.1 Å². The number of fused-ring (bicyclic) bond motifs is 3. The molecule has 0 bridgehead atoms. The molecule has 0 spiro atoms. The average Bonchev–Trinajstić information content (AvgIpc) is 2.97. The van der Waals surface area contributed by atoms with Crippen LogP contribution in [0.2, 0.25) is 0 Å². The molecule has 3 aromatic carbocycles. The highest BCUT2D eigenvalue weighted by atomic mass is 79.9. The lowest BCUT2D eigenvalue weighted by molar-refractivity contribution is -0.147. The fourth-order valence-corrected chi connectivity index (χ4v) is 3.93. The van der Waals surface area contributed by atoms with Crippen molar-refractivity contribution in [2.75, 3.05) is 6.61 Å². The monoisotopic (exact) mass is 420 g/mol. The summed E-state index contributed by atoms with van der Waals surface area (Å²) in [6.45, 7) is 1.59. The second kappa shape index (κ2) is 6.78. The minimum atomic E-state index is -0.923. The summed E-state index contributed by atoms with van der Waals surface area (Å²) in [5.41, 5.74) is 3.48. The zero-order valence-corrected chi connectivity index (χ0v) is 16.3. The van der Waals surface area contributed by atoms with Crippen molar-refractivity contribution in [1.29, 1.82) is 0 Å². The molecular weight excluding hydrogens is 404 g/mol. The largest absolute Gasteiger partial charge is 0.456 e. The summed E-state index contributed by atoms with van der Waals surface area (Å²) in [7, 11) is 0. The van der Waals surface area contributed by atoms with Gasteiger partial charge in [0.05, 0.1) is 0 Å². The average molecular weight is 421 g/mol. The number of Topliss-reactive ketones (excluding diaryl/α,β-unsaturated/α-hetero) is 1. The number of esters is 1. The number of hydrogen-bond donors (Lipinski definition) is 0. The Kier molecular flexibility index (Phi) is 4.44. The molecule has 3 aromatic rings. The van der Waals surface area contributed by atoms with Crippen LogP contribution in [0.3, 0.4) is 0 Å². The second-order valence-corrected chi connectivity index (χ2v) is 7.64. The van der Waals surface area contributed by atoms with Crippen molar-refractivity contribution in [2.24, 2.45) is 0 Å². The molecule has 0 saturated heterocycles. The predicted molar refractivity (Wildman–Crippen MR) is 108 cm³/mol. The van der Waals surface area contributed by atoms with Gasteiger partial charge in [0, 0.05) is 10.0 Å². The zero-order valence-electron chi connectivity index (χ0n) is 14.7. The Balaban J connectivity index is 1.61. The number of hydrogen-bond acceptors (Lipinski definition) is 3. The van der Waals surface area contributed by atoms with Gasteiger partial charge in [0.25, 0.3) is 0 Å². The molecule has 1 aliphatic rings. The van der Waals surface area contributed by atoms with E-state index in [2.05, 4.69) is 15.9 Å². The third-order valence-corrected chi connectivity index (χ3v) is 5.66. The third-order valence-electron chi connectivity index (χ3n) is 5.13. The fourth-order valence-electron chi connectivity index (χ4n) is 3.67. The van der Waals surface area contributed by atoms with Crippen LogP contribution in [0, 0.1) is 0 Å². The van der Waals surface area contributed by atoms with E-state index in [-0.39, 0.29) is 12.4 Å². The maximum absolute atomic E-state index is 13.1. The standard InChI is InChI=1S/C23H17BrO3/c1-23(22(26)27-14-21(25)15-10-12-16(24)13-11-15)19-8-4-2-6-17(19)18-7-3-5-9-20(18)23/h2-13H,14H2,1H3. The summed E-state index contributed by atoms with van der Waals surface area (Å²) in [4.78, 5) is 25.5. The summed E-state index contributed by atoms with van der Waals surface area (Å²) in [5.74, 6) is -0.635. The second-order valence-electron chi connectivity index (χ2n) is 6.72. The summed E-state index contributed by atoms with van der Waals surface area (Å²) < 4.78 is 6.38.